The second-order valence-corrected chi connectivity index (χ2v) is 7.36. The van der Waals surface area contributed by atoms with E-state index >= 15 is 0 Å². The Kier molecular flexibility index (Phi) is 5.29. The van der Waals surface area contributed by atoms with Crippen LogP contribution in [0.4, 0.5) is 4.39 Å². The molecule has 2 aliphatic heterocycles. The average molecular weight is 369 g/mol. The van der Waals surface area contributed by atoms with Crippen molar-refractivity contribution in [2.75, 3.05) is 32.8 Å². The molecule has 1 aromatic carbocycles. The number of nitrogens with zero attached hydrogens (tertiary/aromatic N) is 2. The van der Waals surface area contributed by atoms with Gasteiger partial charge in [-0.1, -0.05) is 11.6 Å². The Bertz CT molecular complexity index is 674. The molecular formula is C18H22ClFN2O3. The fraction of sp³-hybridized carbons (Fsp3) is 0.556. The molecule has 2 fully saturated rings. The number of amides is 2. The molecule has 3 rings (SSSR count). The summed E-state index contributed by atoms with van der Waals surface area (Å²) in [6.45, 7) is 2.08. The normalized spacial score (nSPS) is 20.2. The van der Waals surface area contributed by atoms with Gasteiger partial charge in [0, 0.05) is 32.6 Å². The topological polar surface area (TPSA) is 60.9 Å². The summed E-state index contributed by atoms with van der Waals surface area (Å²) in [5.41, 5.74) is 0.198. The van der Waals surface area contributed by atoms with Crippen LogP contribution < -0.4 is 0 Å². The van der Waals surface area contributed by atoms with Crippen molar-refractivity contribution in [3.63, 3.8) is 0 Å². The first-order valence-corrected chi connectivity index (χ1v) is 8.95. The maximum absolute atomic E-state index is 13.4. The number of aliphatic hydroxyl groups is 1. The first-order chi connectivity index (χ1) is 11.9. The molecule has 2 aliphatic rings. The van der Waals surface area contributed by atoms with Crippen LogP contribution in [0.15, 0.2) is 18.2 Å². The van der Waals surface area contributed by atoms with Gasteiger partial charge in [0.25, 0.3) is 5.91 Å². The van der Waals surface area contributed by atoms with Crippen LogP contribution in [-0.2, 0) is 4.79 Å². The number of hydrogen-bond donors (Lipinski definition) is 1. The number of piperidine rings is 2. The predicted molar refractivity (Wildman–Crippen MR) is 91.9 cm³/mol. The van der Waals surface area contributed by atoms with Crippen LogP contribution in [0.25, 0.3) is 0 Å². The molecule has 7 heteroatoms. The summed E-state index contributed by atoms with van der Waals surface area (Å²) in [5.74, 6) is -0.644. The largest absolute Gasteiger partial charge is 0.395 e. The number of hydrogen-bond acceptors (Lipinski definition) is 3. The smallest absolute Gasteiger partial charge is 0.255 e. The van der Waals surface area contributed by atoms with Crippen molar-refractivity contribution in [1.29, 1.82) is 0 Å². The van der Waals surface area contributed by atoms with E-state index in [0.717, 1.165) is 19.3 Å². The zero-order chi connectivity index (χ0) is 18.0. The van der Waals surface area contributed by atoms with Crippen molar-refractivity contribution in [3.05, 3.63) is 34.6 Å². The monoisotopic (exact) mass is 368 g/mol. The molecule has 0 aliphatic carbocycles. The molecule has 2 heterocycles. The van der Waals surface area contributed by atoms with Gasteiger partial charge >= 0.3 is 0 Å². The lowest BCUT2D eigenvalue weighted by Gasteiger charge is -2.47. The Morgan fingerprint density at radius 3 is 2.68 bits per heavy atom. The Morgan fingerprint density at radius 2 is 2.00 bits per heavy atom. The number of β-amino-alcohol motifs (C(OH)–C–C–N with tert-alkyl or cyclic N) is 1. The van der Waals surface area contributed by atoms with Gasteiger partial charge in [0.2, 0.25) is 5.91 Å². The van der Waals surface area contributed by atoms with E-state index in [1.54, 1.807) is 9.80 Å². The summed E-state index contributed by atoms with van der Waals surface area (Å²) < 4.78 is 13.4. The zero-order valence-electron chi connectivity index (χ0n) is 14.0. The summed E-state index contributed by atoms with van der Waals surface area (Å²) in [6.07, 6.45) is 2.89. The van der Waals surface area contributed by atoms with Crippen LogP contribution in [-0.4, -0.2) is 59.5 Å². The van der Waals surface area contributed by atoms with Crippen LogP contribution in [0, 0.1) is 11.2 Å². The average Bonchev–Trinajstić information content (AvgIpc) is 2.61. The highest BCUT2D eigenvalue weighted by Crippen LogP contribution is 2.40. The van der Waals surface area contributed by atoms with Crippen molar-refractivity contribution >= 4 is 23.4 Å². The molecule has 1 N–H and O–H groups in total. The fourth-order valence-electron chi connectivity index (χ4n) is 3.85. The highest BCUT2D eigenvalue weighted by atomic mass is 35.5. The molecule has 2 saturated heterocycles. The van der Waals surface area contributed by atoms with E-state index in [2.05, 4.69) is 0 Å². The Labute approximate surface area is 151 Å². The fourth-order valence-corrected chi connectivity index (χ4v) is 4.05. The predicted octanol–water partition coefficient (Wildman–Crippen LogP) is 2.32. The maximum Gasteiger partial charge on any atom is 0.255 e. The molecule has 1 aromatic rings. The lowest BCUT2D eigenvalue weighted by atomic mass is 9.72. The van der Waals surface area contributed by atoms with Crippen molar-refractivity contribution in [1.82, 2.24) is 9.80 Å². The Balaban J connectivity index is 1.66. The van der Waals surface area contributed by atoms with Gasteiger partial charge in [-0.2, -0.15) is 0 Å². The molecular weight excluding hydrogens is 347 g/mol. The number of carbonyl (C=O) groups is 2. The Morgan fingerprint density at radius 1 is 1.28 bits per heavy atom. The number of halogens is 2. The highest BCUT2D eigenvalue weighted by molar-refractivity contribution is 6.33. The number of benzene rings is 1. The zero-order valence-corrected chi connectivity index (χ0v) is 14.8. The van der Waals surface area contributed by atoms with Gasteiger partial charge in [-0.15, -0.1) is 0 Å². The van der Waals surface area contributed by atoms with E-state index in [0.29, 0.717) is 32.6 Å². The van der Waals surface area contributed by atoms with Crippen LogP contribution in [0.3, 0.4) is 0 Å². The maximum atomic E-state index is 13.4. The lowest BCUT2D eigenvalue weighted by Crippen LogP contribution is -2.52. The minimum atomic E-state index is -0.480. The molecule has 0 aromatic heterocycles. The van der Waals surface area contributed by atoms with E-state index in [1.165, 1.54) is 18.2 Å². The van der Waals surface area contributed by atoms with Gasteiger partial charge < -0.3 is 14.9 Å². The van der Waals surface area contributed by atoms with Crippen molar-refractivity contribution in [2.24, 2.45) is 5.41 Å². The Hall–Kier alpha value is -1.66. The van der Waals surface area contributed by atoms with Gasteiger partial charge in [-0.25, -0.2) is 4.39 Å². The third-order valence-electron chi connectivity index (χ3n) is 5.39. The summed E-state index contributed by atoms with van der Waals surface area (Å²) in [5, 5.41) is 9.38. The lowest BCUT2D eigenvalue weighted by molar-refractivity contribution is -0.139. The number of aliphatic hydroxyl groups excluding tert-OH is 1. The SMILES string of the molecule is O=C1CCC2(CCN(C(=O)c3cc(F)ccc3Cl)CC2)CN1CCO. The highest BCUT2D eigenvalue weighted by Gasteiger charge is 2.41. The standard InChI is InChI=1S/C18H22ClFN2O3/c19-15-2-1-13(20)11-14(15)17(25)21-7-5-18(6-8-21)4-3-16(24)22(12-18)9-10-23/h1-2,11,23H,3-10,12H2. The van der Waals surface area contributed by atoms with Gasteiger partial charge in [0.1, 0.15) is 5.82 Å². The third-order valence-corrected chi connectivity index (χ3v) is 5.72. The summed E-state index contributed by atoms with van der Waals surface area (Å²) >= 11 is 6.04. The second-order valence-electron chi connectivity index (χ2n) is 6.96. The molecule has 5 nitrogen and oxygen atoms in total. The van der Waals surface area contributed by atoms with Gasteiger partial charge in [0.15, 0.2) is 0 Å². The van der Waals surface area contributed by atoms with Crippen LogP contribution >= 0.6 is 11.6 Å². The van der Waals surface area contributed by atoms with Gasteiger partial charge in [0.05, 0.1) is 17.2 Å². The quantitative estimate of drug-likeness (QED) is 0.890. The minimum absolute atomic E-state index is 0.00555. The summed E-state index contributed by atoms with van der Waals surface area (Å²) in [4.78, 5) is 28.0. The first kappa shape index (κ1) is 18.1. The third kappa shape index (κ3) is 3.80. The van der Waals surface area contributed by atoms with E-state index < -0.39 is 5.82 Å². The van der Waals surface area contributed by atoms with Crippen LogP contribution in [0.5, 0.6) is 0 Å². The van der Waals surface area contributed by atoms with Gasteiger partial charge in [-0.3, -0.25) is 9.59 Å². The van der Waals surface area contributed by atoms with Crippen molar-refractivity contribution < 1.29 is 19.1 Å². The minimum Gasteiger partial charge on any atom is -0.395 e. The summed E-state index contributed by atoms with van der Waals surface area (Å²) in [7, 11) is 0. The van der Waals surface area contributed by atoms with E-state index in [4.69, 9.17) is 16.7 Å². The van der Waals surface area contributed by atoms with Crippen molar-refractivity contribution in [2.45, 2.75) is 25.7 Å². The van der Waals surface area contributed by atoms with Crippen LogP contribution in [0.1, 0.15) is 36.0 Å². The number of likely N-dealkylation sites (tertiary alicyclic amines) is 2. The molecule has 0 radical (unpaired) electrons. The first-order valence-electron chi connectivity index (χ1n) is 8.57. The number of rotatable bonds is 3. The second kappa shape index (κ2) is 7.30. The molecule has 0 bridgehead atoms. The molecule has 25 heavy (non-hydrogen) atoms. The molecule has 136 valence electrons. The van der Waals surface area contributed by atoms with Crippen molar-refractivity contribution in [3.8, 4) is 0 Å². The number of carbonyl (C=O) groups excluding carboxylic acids is 2. The molecule has 1 spiro atoms. The molecule has 0 unspecified atom stereocenters. The summed E-state index contributed by atoms with van der Waals surface area (Å²) in [6, 6.07) is 3.81. The molecule has 2 amide bonds. The van der Waals surface area contributed by atoms with Crippen LogP contribution in [0.2, 0.25) is 5.02 Å². The van der Waals surface area contributed by atoms with E-state index in [9.17, 15) is 14.0 Å². The van der Waals surface area contributed by atoms with Gasteiger partial charge in [-0.05, 0) is 42.9 Å². The van der Waals surface area contributed by atoms with E-state index in [1.807, 2.05) is 0 Å². The molecule has 0 atom stereocenters. The van der Waals surface area contributed by atoms with E-state index in [-0.39, 0.29) is 34.4 Å². The molecule has 0 saturated carbocycles.